The average molecular weight is 652 g/mol. The zero-order chi connectivity index (χ0) is 32.3. The third-order valence-corrected chi connectivity index (χ3v) is 11.8. The van der Waals surface area contributed by atoms with Crippen LogP contribution in [0.2, 0.25) is 10.0 Å². The van der Waals surface area contributed by atoms with Crippen LogP contribution in [0.5, 0.6) is 0 Å². The van der Waals surface area contributed by atoms with Crippen LogP contribution in [0.25, 0.3) is 0 Å². The first-order valence-corrected chi connectivity index (χ1v) is 17.0. The highest BCUT2D eigenvalue weighted by Gasteiger charge is 2.62. The first-order valence-electron chi connectivity index (χ1n) is 16.3. The number of carbonyl (C=O) groups excluding carboxylic acids is 3. The van der Waals surface area contributed by atoms with Crippen molar-refractivity contribution >= 4 is 41.0 Å². The lowest BCUT2D eigenvalue weighted by atomic mass is 9.49. The monoisotopic (exact) mass is 650 g/mol. The molecule has 2 amide bonds. The maximum atomic E-state index is 14.3. The minimum atomic E-state index is -0.647. The Morgan fingerprint density at radius 2 is 1.51 bits per heavy atom. The van der Waals surface area contributed by atoms with E-state index >= 15 is 0 Å². The first kappa shape index (κ1) is 32.1. The lowest BCUT2D eigenvalue weighted by molar-refractivity contribution is -0.134. The summed E-state index contributed by atoms with van der Waals surface area (Å²) in [5, 5.41) is 4.70. The predicted octanol–water partition coefficient (Wildman–Crippen LogP) is 8.76. The number of benzene rings is 2. The highest BCUT2D eigenvalue weighted by molar-refractivity contribution is 6.30. The number of hydrogen-bond acceptors (Lipinski definition) is 4. The van der Waals surface area contributed by atoms with Crippen LogP contribution < -0.4 is 5.32 Å². The summed E-state index contributed by atoms with van der Waals surface area (Å²) >= 11 is 12.4. The van der Waals surface area contributed by atoms with E-state index in [0.717, 1.165) is 48.9 Å². The normalized spacial score (nSPS) is 31.1. The van der Waals surface area contributed by atoms with E-state index in [4.69, 9.17) is 27.9 Å². The van der Waals surface area contributed by atoms with Gasteiger partial charge in [-0.05, 0) is 111 Å². The zero-order valence-electron chi connectivity index (χ0n) is 26.9. The second-order valence-corrected chi connectivity index (χ2v) is 16.0. The van der Waals surface area contributed by atoms with E-state index in [1.54, 1.807) is 11.0 Å². The number of fused-ring (bicyclic) bond motifs is 5. The number of nitrogens with one attached hydrogen (secondary N) is 1. The molecule has 3 aliphatic carbocycles. The number of hydrogen-bond donors (Lipinski definition) is 1. The third kappa shape index (κ3) is 5.93. The zero-order valence-corrected chi connectivity index (χ0v) is 28.4. The number of halogens is 2. The lowest BCUT2D eigenvalue weighted by Gasteiger charge is -2.60. The van der Waals surface area contributed by atoms with Crippen LogP contribution in [0.4, 0.5) is 4.79 Å². The quantitative estimate of drug-likeness (QED) is 0.359. The van der Waals surface area contributed by atoms with Crippen LogP contribution in [-0.2, 0) is 14.3 Å². The topological polar surface area (TPSA) is 75.7 Å². The lowest BCUT2D eigenvalue weighted by Crippen LogP contribution is -2.59. The van der Waals surface area contributed by atoms with Gasteiger partial charge in [0.1, 0.15) is 5.60 Å². The molecule has 2 aromatic rings. The maximum absolute atomic E-state index is 14.3. The standard InChI is InChI=1S/C37H44Cl2N2O4/c1-35(2,3)45-34(44)41-21-27-28-14-15-30(36(28,4)19-17-29(27)37(5)18-16-26(42)20-31(37)41)33(43)40-32(22-6-10-24(38)11-7-22)23-8-12-25(39)13-9-23/h6-13,20,27-30,32H,14-19,21H2,1-5H3,(H,40,43)/t27-,28-,29-,30+,36-,37+/m0/s1. The Hall–Kier alpha value is -2.83. The number of amides is 2. The van der Waals surface area contributed by atoms with Crippen molar-refractivity contribution in [2.24, 2.45) is 34.5 Å². The van der Waals surface area contributed by atoms with Gasteiger partial charge in [-0.15, -0.1) is 0 Å². The Morgan fingerprint density at radius 1 is 0.911 bits per heavy atom. The second kappa shape index (κ2) is 11.8. The van der Waals surface area contributed by atoms with Crippen molar-refractivity contribution in [2.45, 2.75) is 84.8 Å². The molecule has 1 aliphatic heterocycles. The molecule has 45 heavy (non-hydrogen) atoms. The molecule has 0 radical (unpaired) electrons. The van der Waals surface area contributed by atoms with Gasteiger partial charge in [0, 0.05) is 46.1 Å². The van der Waals surface area contributed by atoms with Crippen LogP contribution in [0.15, 0.2) is 60.3 Å². The molecule has 8 heteroatoms. The van der Waals surface area contributed by atoms with Gasteiger partial charge in [-0.1, -0.05) is 61.3 Å². The SMILES string of the molecule is CC(C)(C)OC(=O)N1C[C@H]2[C@@H]3CC[C@H](C(=O)NC(c4ccc(Cl)cc4)c4ccc(Cl)cc4)[C@@]3(C)CC[C@@H]2[C@@]2(C)CCC(=O)C=C12. The van der Waals surface area contributed by atoms with Crippen molar-refractivity contribution in [1.82, 2.24) is 10.2 Å². The van der Waals surface area contributed by atoms with Crippen molar-refractivity contribution in [3.63, 3.8) is 0 Å². The third-order valence-electron chi connectivity index (χ3n) is 11.3. The number of carbonyl (C=O) groups is 3. The Balaban J connectivity index is 1.29. The maximum Gasteiger partial charge on any atom is 0.414 e. The van der Waals surface area contributed by atoms with E-state index in [1.807, 2.05) is 69.3 Å². The summed E-state index contributed by atoms with van der Waals surface area (Å²) in [6, 6.07) is 14.9. The van der Waals surface area contributed by atoms with Gasteiger partial charge < -0.3 is 10.1 Å². The van der Waals surface area contributed by atoms with E-state index in [-0.39, 0.29) is 52.4 Å². The Labute approximate surface area is 276 Å². The van der Waals surface area contributed by atoms with Gasteiger partial charge in [-0.25, -0.2) is 4.79 Å². The van der Waals surface area contributed by atoms with Crippen LogP contribution >= 0.6 is 23.2 Å². The molecule has 240 valence electrons. The van der Waals surface area contributed by atoms with Gasteiger partial charge in [0.05, 0.1) is 6.04 Å². The molecule has 0 unspecified atom stereocenters. The van der Waals surface area contributed by atoms with Gasteiger partial charge >= 0.3 is 6.09 Å². The van der Waals surface area contributed by atoms with Gasteiger partial charge in [-0.2, -0.15) is 0 Å². The van der Waals surface area contributed by atoms with Crippen molar-refractivity contribution < 1.29 is 19.1 Å². The van der Waals surface area contributed by atoms with Gasteiger partial charge in [0.2, 0.25) is 5.91 Å². The number of ketones is 1. The highest BCUT2D eigenvalue weighted by atomic mass is 35.5. The molecule has 0 bridgehead atoms. The summed E-state index contributed by atoms with van der Waals surface area (Å²) in [4.78, 5) is 42.4. The molecule has 1 heterocycles. The van der Waals surface area contributed by atoms with Crippen molar-refractivity contribution in [3.05, 3.63) is 81.5 Å². The minimum absolute atomic E-state index is 0.0585. The predicted molar refractivity (Wildman–Crippen MR) is 177 cm³/mol. The smallest absolute Gasteiger partial charge is 0.414 e. The molecule has 6 atom stereocenters. The van der Waals surface area contributed by atoms with Crippen molar-refractivity contribution in [2.75, 3.05) is 6.54 Å². The molecule has 6 rings (SSSR count). The molecule has 0 spiro atoms. The fraction of sp³-hybridized carbons (Fsp3) is 0.541. The summed E-state index contributed by atoms with van der Waals surface area (Å²) in [5.41, 5.74) is 1.59. The number of piperidine rings is 1. The summed E-state index contributed by atoms with van der Waals surface area (Å²) < 4.78 is 5.88. The summed E-state index contributed by atoms with van der Waals surface area (Å²) in [6.45, 7) is 10.7. The van der Waals surface area contributed by atoms with E-state index < -0.39 is 5.60 Å². The number of nitrogens with zero attached hydrogens (tertiary/aromatic N) is 1. The van der Waals surface area contributed by atoms with Crippen LogP contribution in [0.1, 0.15) is 90.3 Å². The van der Waals surface area contributed by atoms with Gasteiger partial charge in [0.15, 0.2) is 5.78 Å². The van der Waals surface area contributed by atoms with Crippen molar-refractivity contribution in [3.8, 4) is 0 Å². The van der Waals surface area contributed by atoms with Crippen LogP contribution in [0, 0.1) is 34.5 Å². The fourth-order valence-electron chi connectivity index (χ4n) is 9.14. The molecular weight excluding hydrogens is 607 g/mol. The van der Waals surface area contributed by atoms with E-state index in [2.05, 4.69) is 19.2 Å². The summed E-state index contributed by atoms with van der Waals surface area (Å²) in [5.74, 6) is 0.807. The molecule has 1 N–H and O–H groups in total. The average Bonchev–Trinajstić information content (AvgIpc) is 3.33. The van der Waals surface area contributed by atoms with E-state index in [0.29, 0.717) is 28.9 Å². The Bertz CT molecular complexity index is 1470. The summed E-state index contributed by atoms with van der Waals surface area (Å²) in [7, 11) is 0. The number of allylic oxidation sites excluding steroid dienone is 2. The fourth-order valence-corrected chi connectivity index (χ4v) is 9.39. The largest absolute Gasteiger partial charge is 0.443 e. The Kier molecular flexibility index (Phi) is 8.39. The Morgan fingerprint density at radius 3 is 2.09 bits per heavy atom. The number of ether oxygens (including phenoxy) is 1. The molecule has 3 fully saturated rings. The molecule has 2 aromatic carbocycles. The second-order valence-electron chi connectivity index (χ2n) is 15.1. The first-order chi connectivity index (χ1) is 21.2. The van der Waals surface area contributed by atoms with Crippen LogP contribution in [-0.4, -0.2) is 34.8 Å². The minimum Gasteiger partial charge on any atom is -0.443 e. The highest BCUT2D eigenvalue weighted by Crippen LogP contribution is 2.65. The molecule has 6 nitrogen and oxygen atoms in total. The molecular formula is C37H44Cl2N2O4. The molecule has 1 saturated heterocycles. The summed E-state index contributed by atoms with van der Waals surface area (Å²) in [6.07, 6.45) is 6.17. The molecule has 2 saturated carbocycles. The molecule has 0 aromatic heterocycles. The van der Waals surface area contributed by atoms with E-state index in [9.17, 15) is 14.4 Å². The van der Waals surface area contributed by atoms with Crippen molar-refractivity contribution in [1.29, 1.82) is 0 Å². The van der Waals surface area contributed by atoms with E-state index in [1.165, 1.54) is 0 Å². The van der Waals surface area contributed by atoms with Crippen LogP contribution in [0.3, 0.4) is 0 Å². The molecule has 4 aliphatic rings. The van der Waals surface area contributed by atoms with Gasteiger partial charge in [0.25, 0.3) is 0 Å². The number of rotatable bonds is 4. The van der Waals surface area contributed by atoms with Gasteiger partial charge in [-0.3, -0.25) is 14.5 Å². The number of likely N-dealkylation sites (tertiary alicyclic amines) is 1.